The molecule has 0 saturated carbocycles. The SMILES string of the molecule is O=C1Cc2ccc(C(=O)CCC3CCN(c4ccc(Cl)c(Cl)c4)CC3)cc2O1. The van der Waals surface area contributed by atoms with Gasteiger partial charge in [-0.2, -0.15) is 0 Å². The van der Waals surface area contributed by atoms with Gasteiger partial charge in [-0.3, -0.25) is 9.59 Å². The molecule has 2 aliphatic heterocycles. The smallest absolute Gasteiger partial charge is 0.315 e. The second-order valence-electron chi connectivity index (χ2n) is 7.46. The van der Waals surface area contributed by atoms with E-state index in [0.29, 0.717) is 40.1 Å². The van der Waals surface area contributed by atoms with Crippen molar-refractivity contribution in [3.8, 4) is 5.75 Å². The minimum absolute atomic E-state index is 0.109. The number of fused-ring (bicyclic) bond motifs is 1. The van der Waals surface area contributed by atoms with Gasteiger partial charge in [-0.15, -0.1) is 0 Å². The number of hydrogen-bond acceptors (Lipinski definition) is 4. The number of anilines is 1. The summed E-state index contributed by atoms with van der Waals surface area (Å²) in [6.07, 6.45) is 3.79. The summed E-state index contributed by atoms with van der Waals surface area (Å²) >= 11 is 12.1. The first-order chi connectivity index (χ1) is 13.5. The van der Waals surface area contributed by atoms with Gasteiger partial charge in [0.05, 0.1) is 16.5 Å². The minimum atomic E-state index is -0.256. The van der Waals surface area contributed by atoms with Crippen molar-refractivity contribution < 1.29 is 14.3 Å². The Labute approximate surface area is 174 Å². The van der Waals surface area contributed by atoms with Crippen molar-refractivity contribution in [3.63, 3.8) is 0 Å². The van der Waals surface area contributed by atoms with Gasteiger partial charge in [-0.25, -0.2) is 0 Å². The van der Waals surface area contributed by atoms with Gasteiger partial charge >= 0.3 is 5.97 Å². The molecule has 146 valence electrons. The largest absolute Gasteiger partial charge is 0.426 e. The molecule has 2 aromatic rings. The standard InChI is InChI=1S/C22H21Cl2NO3/c23-18-5-4-17(13-19(18)24)25-9-7-14(8-10-25)1-6-20(26)15-2-3-16-12-22(27)28-21(16)11-15/h2-5,11,13-14H,1,6-10,12H2. The van der Waals surface area contributed by atoms with E-state index < -0.39 is 0 Å². The average molecular weight is 418 g/mol. The fourth-order valence-corrected chi connectivity index (χ4v) is 4.22. The van der Waals surface area contributed by atoms with Crippen molar-refractivity contribution in [2.45, 2.75) is 32.1 Å². The number of piperidine rings is 1. The van der Waals surface area contributed by atoms with E-state index in [9.17, 15) is 9.59 Å². The highest BCUT2D eigenvalue weighted by molar-refractivity contribution is 6.42. The van der Waals surface area contributed by atoms with E-state index in [0.717, 1.165) is 43.6 Å². The van der Waals surface area contributed by atoms with E-state index in [1.807, 2.05) is 24.3 Å². The van der Waals surface area contributed by atoms with Crippen LogP contribution in [0.5, 0.6) is 5.75 Å². The zero-order valence-electron chi connectivity index (χ0n) is 15.4. The second kappa shape index (κ2) is 8.14. The van der Waals surface area contributed by atoms with Crippen LogP contribution in [-0.4, -0.2) is 24.8 Å². The third-order valence-corrected chi connectivity index (χ3v) is 6.35. The number of ether oxygens (including phenoxy) is 1. The molecule has 0 radical (unpaired) electrons. The summed E-state index contributed by atoms with van der Waals surface area (Å²) in [6.45, 7) is 1.90. The number of rotatable bonds is 5. The van der Waals surface area contributed by atoms with Gasteiger partial charge in [0.1, 0.15) is 5.75 Å². The molecule has 0 unspecified atom stereocenters. The average Bonchev–Trinajstić information content (AvgIpc) is 3.08. The third-order valence-electron chi connectivity index (χ3n) is 5.61. The van der Waals surface area contributed by atoms with Gasteiger partial charge in [0, 0.05) is 36.3 Å². The highest BCUT2D eigenvalue weighted by Crippen LogP contribution is 2.32. The molecule has 2 aliphatic rings. The molecule has 28 heavy (non-hydrogen) atoms. The first-order valence-electron chi connectivity index (χ1n) is 9.56. The van der Waals surface area contributed by atoms with Gasteiger partial charge in [0.15, 0.2) is 5.78 Å². The van der Waals surface area contributed by atoms with Gasteiger partial charge < -0.3 is 9.64 Å². The molecule has 0 atom stereocenters. The van der Waals surface area contributed by atoms with Crippen LogP contribution in [0.4, 0.5) is 5.69 Å². The van der Waals surface area contributed by atoms with Crippen molar-refractivity contribution >= 4 is 40.6 Å². The molecular weight excluding hydrogens is 397 g/mol. The molecule has 0 spiro atoms. The maximum Gasteiger partial charge on any atom is 0.315 e. The molecule has 0 aromatic heterocycles. The normalized spacial score (nSPS) is 16.8. The number of esters is 1. The molecule has 0 amide bonds. The zero-order valence-corrected chi connectivity index (χ0v) is 16.9. The number of hydrogen-bond donors (Lipinski definition) is 0. The first-order valence-corrected chi connectivity index (χ1v) is 10.3. The van der Waals surface area contributed by atoms with Crippen molar-refractivity contribution in [1.82, 2.24) is 0 Å². The minimum Gasteiger partial charge on any atom is -0.426 e. The third kappa shape index (κ3) is 4.18. The van der Waals surface area contributed by atoms with E-state index in [1.165, 1.54) is 0 Å². The van der Waals surface area contributed by atoms with Gasteiger partial charge in [0.25, 0.3) is 0 Å². The lowest BCUT2D eigenvalue weighted by atomic mass is 9.90. The molecule has 4 rings (SSSR count). The quantitative estimate of drug-likeness (QED) is 0.374. The Kier molecular flexibility index (Phi) is 5.61. The van der Waals surface area contributed by atoms with Crippen LogP contribution in [0.25, 0.3) is 0 Å². The predicted octanol–water partition coefficient (Wildman–Crippen LogP) is 5.33. The molecule has 1 saturated heterocycles. The fraction of sp³-hybridized carbons (Fsp3) is 0.364. The van der Waals surface area contributed by atoms with Crippen molar-refractivity contribution in [1.29, 1.82) is 0 Å². The summed E-state index contributed by atoms with van der Waals surface area (Å²) in [6, 6.07) is 11.1. The van der Waals surface area contributed by atoms with Crippen LogP contribution in [0.1, 0.15) is 41.6 Å². The van der Waals surface area contributed by atoms with Crippen LogP contribution in [0.3, 0.4) is 0 Å². The van der Waals surface area contributed by atoms with Crippen LogP contribution in [0.15, 0.2) is 36.4 Å². The highest BCUT2D eigenvalue weighted by Gasteiger charge is 2.23. The number of Topliss-reactive ketones (excluding diaryl/α,β-unsaturated/α-hetero) is 1. The Morgan fingerprint density at radius 1 is 1.07 bits per heavy atom. The van der Waals surface area contributed by atoms with Crippen LogP contribution in [-0.2, 0) is 11.2 Å². The molecule has 4 nitrogen and oxygen atoms in total. The summed E-state index contributed by atoms with van der Waals surface area (Å²) in [5, 5.41) is 1.15. The maximum atomic E-state index is 12.5. The fourth-order valence-electron chi connectivity index (χ4n) is 3.92. The first kappa shape index (κ1) is 19.3. The zero-order chi connectivity index (χ0) is 19.7. The van der Waals surface area contributed by atoms with Crippen LogP contribution >= 0.6 is 23.2 Å². The topological polar surface area (TPSA) is 46.6 Å². The molecule has 0 bridgehead atoms. The summed E-state index contributed by atoms with van der Waals surface area (Å²) in [7, 11) is 0. The number of ketones is 1. The Morgan fingerprint density at radius 3 is 2.61 bits per heavy atom. The Balaban J connectivity index is 1.28. The van der Waals surface area contributed by atoms with E-state index in [1.54, 1.807) is 12.1 Å². The van der Waals surface area contributed by atoms with E-state index >= 15 is 0 Å². The Morgan fingerprint density at radius 2 is 1.86 bits per heavy atom. The molecule has 2 heterocycles. The summed E-state index contributed by atoms with van der Waals surface area (Å²) in [5.41, 5.74) is 2.58. The second-order valence-corrected chi connectivity index (χ2v) is 8.28. The van der Waals surface area contributed by atoms with Gasteiger partial charge in [-0.1, -0.05) is 35.3 Å². The van der Waals surface area contributed by atoms with Crippen molar-refractivity contribution in [2.75, 3.05) is 18.0 Å². The van der Waals surface area contributed by atoms with Gasteiger partial charge in [-0.05, 0) is 49.4 Å². The summed E-state index contributed by atoms with van der Waals surface area (Å²) in [4.78, 5) is 26.2. The lowest BCUT2D eigenvalue weighted by Gasteiger charge is -2.33. The number of carbonyl (C=O) groups is 2. The molecule has 0 aliphatic carbocycles. The lowest BCUT2D eigenvalue weighted by Crippen LogP contribution is -2.33. The molecule has 6 heteroatoms. The summed E-state index contributed by atoms with van der Waals surface area (Å²) < 4.78 is 5.15. The van der Waals surface area contributed by atoms with E-state index in [4.69, 9.17) is 27.9 Å². The van der Waals surface area contributed by atoms with Crippen molar-refractivity contribution in [3.05, 3.63) is 57.6 Å². The Hall–Kier alpha value is -2.04. The van der Waals surface area contributed by atoms with E-state index in [2.05, 4.69) is 4.90 Å². The molecule has 2 aromatic carbocycles. The van der Waals surface area contributed by atoms with E-state index in [-0.39, 0.29) is 11.8 Å². The van der Waals surface area contributed by atoms with Crippen molar-refractivity contribution in [2.24, 2.45) is 5.92 Å². The van der Waals surface area contributed by atoms with Crippen LogP contribution in [0, 0.1) is 5.92 Å². The number of benzene rings is 2. The lowest BCUT2D eigenvalue weighted by molar-refractivity contribution is -0.131. The van der Waals surface area contributed by atoms with Gasteiger partial charge in [0.2, 0.25) is 0 Å². The molecular formula is C22H21Cl2NO3. The maximum absolute atomic E-state index is 12.5. The number of halogens is 2. The number of carbonyl (C=O) groups excluding carboxylic acids is 2. The summed E-state index contributed by atoms with van der Waals surface area (Å²) in [5.74, 6) is 0.923. The Bertz CT molecular complexity index is 920. The van der Waals surface area contributed by atoms with Crippen LogP contribution < -0.4 is 9.64 Å². The predicted molar refractivity (Wildman–Crippen MR) is 111 cm³/mol. The monoisotopic (exact) mass is 417 g/mol. The molecule has 0 N–H and O–H groups in total. The van der Waals surface area contributed by atoms with Crippen LogP contribution in [0.2, 0.25) is 10.0 Å². The number of nitrogens with zero attached hydrogens (tertiary/aromatic N) is 1. The highest BCUT2D eigenvalue weighted by atomic mass is 35.5. The molecule has 1 fully saturated rings.